The lowest BCUT2D eigenvalue weighted by Crippen LogP contribution is -2.25. The zero-order chi connectivity index (χ0) is 16.5. The Morgan fingerprint density at radius 1 is 1.26 bits per heavy atom. The van der Waals surface area contributed by atoms with Crippen molar-refractivity contribution in [2.75, 3.05) is 33.5 Å². The van der Waals surface area contributed by atoms with Crippen LogP contribution in [-0.2, 0) is 9.47 Å². The summed E-state index contributed by atoms with van der Waals surface area (Å²) in [5.41, 5.74) is 1.70. The lowest BCUT2D eigenvalue weighted by Gasteiger charge is -2.04. The van der Waals surface area contributed by atoms with Crippen molar-refractivity contribution in [3.05, 3.63) is 41.8 Å². The highest BCUT2D eigenvalue weighted by Crippen LogP contribution is 2.17. The fourth-order valence-corrected chi connectivity index (χ4v) is 1.92. The summed E-state index contributed by atoms with van der Waals surface area (Å²) in [5.74, 6) is -0.544. The van der Waals surface area contributed by atoms with Gasteiger partial charge < -0.3 is 14.8 Å². The molecule has 2 N–H and O–H groups in total. The molecule has 23 heavy (non-hydrogen) atoms. The Morgan fingerprint density at radius 2 is 2.04 bits per heavy atom. The normalized spacial score (nSPS) is 10.7. The summed E-state index contributed by atoms with van der Waals surface area (Å²) >= 11 is 0. The van der Waals surface area contributed by atoms with Gasteiger partial charge >= 0.3 is 0 Å². The smallest absolute Gasteiger partial charge is 0.269 e. The number of hydrogen-bond acceptors (Lipinski definition) is 4. The highest BCUT2D eigenvalue weighted by atomic mass is 19.1. The molecule has 0 spiro atoms. The number of nitrogens with one attached hydrogen (secondary N) is 2. The van der Waals surface area contributed by atoms with Crippen LogP contribution < -0.4 is 5.32 Å². The molecule has 124 valence electrons. The number of methoxy groups -OCH3 is 1. The molecule has 1 amide bonds. The molecule has 1 aromatic heterocycles. The van der Waals surface area contributed by atoms with Crippen molar-refractivity contribution in [1.29, 1.82) is 0 Å². The molecule has 1 aromatic carbocycles. The number of H-pyrrole nitrogens is 1. The Balaban J connectivity index is 1.76. The second-order valence-electron chi connectivity index (χ2n) is 4.89. The molecule has 0 aliphatic rings. The number of rotatable bonds is 9. The van der Waals surface area contributed by atoms with E-state index in [1.54, 1.807) is 25.3 Å². The number of amides is 1. The number of nitrogens with zero attached hydrogens (tertiary/aromatic N) is 1. The first kappa shape index (κ1) is 17.1. The lowest BCUT2D eigenvalue weighted by molar-refractivity contribution is 0.0688. The zero-order valence-electron chi connectivity index (χ0n) is 13.0. The van der Waals surface area contributed by atoms with Gasteiger partial charge in [0.2, 0.25) is 0 Å². The van der Waals surface area contributed by atoms with Gasteiger partial charge in [0, 0.05) is 25.8 Å². The Labute approximate surface area is 134 Å². The number of hydrogen-bond donors (Lipinski definition) is 2. The van der Waals surface area contributed by atoms with E-state index in [0.717, 1.165) is 5.56 Å². The molecule has 0 bridgehead atoms. The van der Waals surface area contributed by atoms with Gasteiger partial charge in [0.05, 0.1) is 18.9 Å². The van der Waals surface area contributed by atoms with Crippen molar-refractivity contribution in [1.82, 2.24) is 15.5 Å². The van der Waals surface area contributed by atoms with Crippen LogP contribution in [0.5, 0.6) is 0 Å². The maximum atomic E-state index is 12.9. The van der Waals surface area contributed by atoms with Gasteiger partial charge in [-0.3, -0.25) is 9.89 Å². The van der Waals surface area contributed by atoms with Crippen molar-refractivity contribution < 1.29 is 18.7 Å². The first-order valence-corrected chi connectivity index (χ1v) is 7.37. The van der Waals surface area contributed by atoms with Crippen molar-refractivity contribution in [3.8, 4) is 11.3 Å². The van der Waals surface area contributed by atoms with Gasteiger partial charge in [0.15, 0.2) is 0 Å². The first-order chi connectivity index (χ1) is 11.2. The molecule has 0 saturated heterocycles. The van der Waals surface area contributed by atoms with Crippen LogP contribution in [0.3, 0.4) is 0 Å². The number of aromatic amines is 1. The Bertz CT molecular complexity index is 613. The van der Waals surface area contributed by atoms with Gasteiger partial charge in [-0.15, -0.1) is 0 Å². The Morgan fingerprint density at radius 3 is 2.78 bits per heavy atom. The molecule has 6 nitrogen and oxygen atoms in total. The molecule has 2 rings (SSSR count). The number of carbonyl (C=O) groups excluding carboxylic acids is 1. The highest BCUT2D eigenvalue weighted by molar-refractivity contribution is 5.93. The maximum Gasteiger partial charge on any atom is 0.269 e. The van der Waals surface area contributed by atoms with E-state index in [4.69, 9.17) is 9.47 Å². The third-order valence-electron chi connectivity index (χ3n) is 3.15. The number of ether oxygens (including phenoxy) is 2. The minimum Gasteiger partial charge on any atom is -0.382 e. The second-order valence-corrected chi connectivity index (χ2v) is 4.89. The van der Waals surface area contributed by atoms with Crippen LogP contribution in [0.25, 0.3) is 11.3 Å². The van der Waals surface area contributed by atoms with E-state index in [1.165, 1.54) is 12.1 Å². The van der Waals surface area contributed by atoms with Gasteiger partial charge in [-0.1, -0.05) is 0 Å². The van der Waals surface area contributed by atoms with Gasteiger partial charge in [0.25, 0.3) is 5.91 Å². The van der Waals surface area contributed by atoms with Crippen LogP contribution in [0.2, 0.25) is 0 Å². The van der Waals surface area contributed by atoms with E-state index >= 15 is 0 Å². The predicted molar refractivity (Wildman–Crippen MR) is 83.6 cm³/mol. The van der Waals surface area contributed by atoms with E-state index in [-0.39, 0.29) is 11.7 Å². The summed E-state index contributed by atoms with van der Waals surface area (Å²) in [7, 11) is 1.62. The number of aromatic nitrogens is 2. The number of halogens is 1. The third kappa shape index (κ3) is 5.46. The first-order valence-electron chi connectivity index (χ1n) is 7.37. The van der Waals surface area contributed by atoms with E-state index in [0.29, 0.717) is 44.2 Å². The quantitative estimate of drug-likeness (QED) is 0.693. The molecule has 0 aliphatic heterocycles. The number of benzene rings is 1. The molecule has 0 aliphatic carbocycles. The van der Waals surface area contributed by atoms with Gasteiger partial charge in [0.1, 0.15) is 11.5 Å². The molecule has 1 heterocycles. The molecule has 0 radical (unpaired) electrons. The fraction of sp³-hybridized carbons (Fsp3) is 0.375. The standard InChI is InChI=1S/C16H20FN3O3/c1-22-9-10-23-8-2-7-18-16(21)15-11-14(19-20-15)12-3-5-13(17)6-4-12/h3-6,11H,2,7-10H2,1H3,(H,18,21)(H,19,20). The second kappa shape index (κ2) is 9.02. The van der Waals surface area contributed by atoms with Crippen molar-refractivity contribution >= 4 is 5.91 Å². The van der Waals surface area contributed by atoms with Crippen LogP contribution in [0.15, 0.2) is 30.3 Å². The molecular weight excluding hydrogens is 301 g/mol. The van der Waals surface area contributed by atoms with E-state index < -0.39 is 0 Å². The van der Waals surface area contributed by atoms with E-state index in [1.807, 2.05) is 0 Å². The summed E-state index contributed by atoms with van der Waals surface area (Å²) in [5, 5.41) is 9.53. The number of carbonyl (C=O) groups is 1. The van der Waals surface area contributed by atoms with Crippen molar-refractivity contribution in [3.63, 3.8) is 0 Å². The van der Waals surface area contributed by atoms with E-state index in [9.17, 15) is 9.18 Å². The topological polar surface area (TPSA) is 76.2 Å². The fourth-order valence-electron chi connectivity index (χ4n) is 1.92. The zero-order valence-corrected chi connectivity index (χ0v) is 13.0. The van der Waals surface area contributed by atoms with Crippen LogP contribution in [-0.4, -0.2) is 49.6 Å². The van der Waals surface area contributed by atoms with Crippen LogP contribution in [0, 0.1) is 5.82 Å². The summed E-state index contributed by atoms with van der Waals surface area (Å²) in [6.45, 7) is 2.18. The van der Waals surface area contributed by atoms with Gasteiger partial charge in [-0.05, 0) is 36.8 Å². The van der Waals surface area contributed by atoms with Gasteiger partial charge in [-0.25, -0.2) is 4.39 Å². The predicted octanol–water partition coefficient (Wildman–Crippen LogP) is 2.00. The molecule has 7 heteroatoms. The molecule has 2 aromatic rings. The summed E-state index contributed by atoms with van der Waals surface area (Å²) < 4.78 is 23.1. The van der Waals surface area contributed by atoms with Crippen LogP contribution >= 0.6 is 0 Å². The Hall–Kier alpha value is -2.25. The Kier molecular flexibility index (Phi) is 6.71. The molecule has 0 saturated carbocycles. The molecular formula is C16H20FN3O3. The average Bonchev–Trinajstić information content (AvgIpc) is 3.04. The van der Waals surface area contributed by atoms with Crippen LogP contribution in [0.4, 0.5) is 4.39 Å². The largest absolute Gasteiger partial charge is 0.382 e. The summed E-state index contributed by atoms with van der Waals surface area (Å²) in [4.78, 5) is 12.0. The minimum absolute atomic E-state index is 0.234. The minimum atomic E-state index is -0.310. The maximum absolute atomic E-state index is 12.9. The molecule has 0 unspecified atom stereocenters. The van der Waals surface area contributed by atoms with Gasteiger partial charge in [-0.2, -0.15) is 5.10 Å². The summed E-state index contributed by atoms with van der Waals surface area (Å²) in [6.07, 6.45) is 0.717. The van der Waals surface area contributed by atoms with Crippen LogP contribution in [0.1, 0.15) is 16.9 Å². The third-order valence-corrected chi connectivity index (χ3v) is 3.15. The SMILES string of the molecule is COCCOCCCNC(=O)c1cc(-c2ccc(F)cc2)n[nH]1. The summed E-state index contributed by atoms with van der Waals surface area (Å²) in [6, 6.07) is 7.58. The van der Waals surface area contributed by atoms with E-state index in [2.05, 4.69) is 15.5 Å². The lowest BCUT2D eigenvalue weighted by atomic mass is 10.1. The monoisotopic (exact) mass is 321 g/mol. The van der Waals surface area contributed by atoms with Crippen molar-refractivity contribution in [2.45, 2.75) is 6.42 Å². The molecule has 0 fully saturated rings. The average molecular weight is 321 g/mol. The molecule has 0 atom stereocenters. The van der Waals surface area contributed by atoms with Crippen molar-refractivity contribution in [2.24, 2.45) is 0 Å². The highest BCUT2D eigenvalue weighted by Gasteiger charge is 2.10.